The summed E-state index contributed by atoms with van der Waals surface area (Å²) in [5.41, 5.74) is 9.03. The Morgan fingerprint density at radius 2 is 0.938 bits per heavy atom. The number of hydrogen-bond acceptors (Lipinski definition) is 6. The molecule has 0 bridgehead atoms. The quantitative estimate of drug-likeness (QED) is 0.0665. The van der Waals surface area contributed by atoms with Gasteiger partial charge in [0.25, 0.3) is 23.6 Å². The van der Waals surface area contributed by atoms with E-state index in [1.807, 2.05) is 0 Å². The van der Waals surface area contributed by atoms with Crippen LogP contribution in [-0.4, -0.2) is 36.8 Å². The summed E-state index contributed by atoms with van der Waals surface area (Å²) in [4.78, 5) is 53.3. The molecule has 0 aromatic heterocycles. The molecule has 0 radical (unpaired) electrons. The molecule has 0 aliphatic heterocycles. The Morgan fingerprint density at radius 3 is 1.38 bits per heavy atom. The normalized spacial score (nSPS) is 13.6. The molecule has 0 unspecified atom stereocenters. The maximum atomic E-state index is 13.5. The Bertz CT molecular complexity index is 1200. The van der Waals surface area contributed by atoms with Gasteiger partial charge in [-0.05, 0) is 49.9 Å². The van der Waals surface area contributed by atoms with E-state index in [2.05, 4.69) is 35.6 Å². The van der Waals surface area contributed by atoms with Crippen molar-refractivity contribution in [3.8, 4) is 11.5 Å². The minimum absolute atomic E-state index is 0.284. The molecule has 0 heterocycles. The molecule has 1 fully saturated rings. The van der Waals surface area contributed by atoms with Crippen molar-refractivity contribution in [2.75, 3.05) is 13.2 Å². The van der Waals surface area contributed by atoms with Crippen LogP contribution in [0, 0.1) is 5.41 Å². The van der Waals surface area contributed by atoms with Gasteiger partial charge < -0.3 is 9.47 Å². The molecule has 1 aliphatic carbocycles. The standard InChI is InChI=1S/C38H56N4O6/c1-3-5-7-9-11-20-28-47-32-24-16-14-22-30(32)34(43)39-41-36(45)38(26-18-13-19-27-38)37(46)42-40-35(44)31-23-15-17-25-33(31)48-29-21-12-10-8-6-4-2/h14-17,22-25H,3-13,18-21,26-29H2,1-2H3,(H,39,43)(H,40,44)(H,41,45)(H,42,46). The number of nitrogens with one attached hydrogen (secondary N) is 4. The number of carbonyl (C=O) groups excluding carboxylic acids is 4. The molecule has 1 saturated carbocycles. The van der Waals surface area contributed by atoms with Gasteiger partial charge in [-0.1, -0.05) is 122 Å². The van der Waals surface area contributed by atoms with Gasteiger partial charge in [0.2, 0.25) is 0 Å². The van der Waals surface area contributed by atoms with Gasteiger partial charge in [0, 0.05) is 0 Å². The fourth-order valence-electron chi connectivity index (χ4n) is 6.00. The predicted molar refractivity (Wildman–Crippen MR) is 187 cm³/mol. The molecule has 0 spiro atoms. The first kappa shape index (κ1) is 38.4. The second-order valence-electron chi connectivity index (χ2n) is 12.7. The lowest BCUT2D eigenvalue weighted by molar-refractivity contribution is -0.147. The molecule has 0 atom stereocenters. The summed E-state index contributed by atoms with van der Waals surface area (Å²) < 4.78 is 11.8. The number of unbranched alkanes of at least 4 members (excludes halogenated alkanes) is 10. The molecule has 4 N–H and O–H groups in total. The van der Waals surface area contributed by atoms with E-state index >= 15 is 0 Å². The SMILES string of the molecule is CCCCCCCCOc1ccccc1C(=O)NNC(=O)C1(C(=O)NNC(=O)c2ccccc2OCCCCCCCC)CCCCC1. The van der Waals surface area contributed by atoms with E-state index < -0.39 is 29.0 Å². The number of rotatable bonds is 20. The van der Waals surface area contributed by atoms with Crippen LogP contribution in [0.4, 0.5) is 0 Å². The van der Waals surface area contributed by atoms with Crippen molar-refractivity contribution in [3.63, 3.8) is 0 Å². The summed E-state index contributed by atoms with van der Waals surface area (Å²) in [7, 11) is 0. The number of benzene rings is 2. The molecule has 2 aromatic carbocycles. The number of carbonyl (C=O) groups is 4. The largest absolute Gasteiger partial charge is 0.493 e. The highest BCUT2D eigenvalue weighted by molar-refractivity contribution is 6.07. The summed E-state index contributed by atoms with van der Waals surface area (Å²) in [6.45, 7) is 5.36. The number of hydrazine groups is 2. The lowest BCUT2D eigenvalue weighted by Crippen LogP contribution is -2.58. The maximum absolute atomic E-state index is 13.5. The van der Waals surface area contributed by atoms with Crippen LogP contribution in [0.5, 0.6) is 11.5 Å². The Hall–Kier alpha value is -4.08. The van der Waals surface area contributed by atoms with Crippen molar-refractivity contribution in [2.24, 2.45) is 5.41 Å². The maximum Gasteiger partial charge on any atom is 0.273 e. The number of para-hydroxylation sites is 2. The second kappa shape index (κ2) is 21.7. The van der Waals surface area contributed by atoms with Gasteiger partial charge in [-0.25, -0.2) is 0 Å². The first-order chi connectivity index (χ1) is 23.4. The lowest BCUT2D eigenvalue weighted by Gasteiger charge is -2.34. The topological polar surface area (TPSA) is 135 Å². The molecule has 4 amide bonds. The summed E-state index contributed by atoms with van der Waals surface area (Å²) in [5.74, 6) is -1.48. The number of amides is 4. The zero-order valence-electron chi connectivity index (χ0n) is 29.0. The molecule has 10 heteroatoms. The molecule has 2 aromatic rings. The smallest absolute Gasteiger partial charge is 0.273 e. The van der Waals surface area contributed by atoms with Gasteiger partial charge in [0.05, 0.1) is 24.3 Å². The van der Waals surface area contributed by atoms with E-state index in [1.165, 1.54) is 38.5 Å². The van der Waals surface area contributed by atoms with Gasteiger partial charge in [-0.2, -0.15) is 0 Å². The summed E-state index contributed by atoms with van der Waals surface area (Å²) >= 11 is 0. The molecule has 1 aliphatic rings. The van der Waals surface area contributed by atoms with E-state index in [0.29, 0.717) is 37.6 Å². The van der Waals surface area contributed by atoms with Crippen molar-refractivity contribution in [1.29, 1.82) is 0 Å². The van der Waals surface area contributed by atoms with Gasteiger partial charge in [0.1, 0.15) is 16.9 Å². The van der Waals surface area contributed by atoms with Crippen molar-refractivity contribution < 1.29 is 28.7 Å². The average molecular weight is 665 g/mol. The van der Waals surface area contributed by atoms with Crippen LogP contribution in [0.3, 0.4) is 0 Å². The molecule has 3 rings (SSSR count). The van der Waals surface area contributed by atoms with Crippen LogP contribution in [0.15, 0.2) is 48.5 Å². The first-order valence-corrected chi connectivity index (χ1v) is 18.1. The Kier molecular flexibility index (Phi) is 17.4. The van der Waals surface area contributed by atoms with Crippen LogP contribution in [0.25, 0.3) is 0 Å². The Morgan fingerprint density at radius 1 is 0.542 bits per heavy atom. The van der Waals surface area contributed by atoms with Gasteiger partial charge in [0.15, 0.2) is 0 Å². The van der Waals surface area contributed by atoms with E-state index in [0.717, 1.165) is 44.9 Å². The Balaban J connectivity index is 1.54. The van der Waals surface area contributed by atoms with Crippen molar-refractivity contribution in [1.82, 2.24) is 21.7 Å². The highest BCUT2D eigenvalue weighted by Crippen LogP contribution is 2.37. The molecule has 264 valence electrons. The molecule has 10 nitrogen and oxygen atoms in total. The van der Waals surface area contributed by atoms with Gasteiger partial charge in [-0.3, -0.25) is 40.9 Å². The minimum atomic E-state index is -1.46. The van der Waals surface area contributed by atoms with E-state index in [4.69, 9.17) is 9.47 Å². The minimum Gasteiger partial charge on any atom is -0.493 e. The zero-order valence-corrected chi connectivity index (χ0v) is 29.0. The summed E-state index contributed by atoms with van der Waals surface area (Å²) in [6.07, 6.45) is 16.3. The first-order valence-electron chi connectivity index (χ1n) is 18.1. The highest BCUT2D eigenvalue weighted by Gasteiger charge is 2.47. The Labute approximate surface area is 286 Å². The van der Waals surface area contributed by atoms with E-state index in [-0.39, 0.29) is 24.0 Å². The van der Waals surface area contributed by atoms with E-state index in [9.17, 15) is 19.2 Å². The van der Waals surface area contributed by atoms with Crippen molar-refractivity contribution in [2.45, 2.75) is 123 Å². The monoisotopic (exact) mass is 664 g/mol. The number of hydrogen-bond donors (Lipinski definition) is 4. The second-order valence-corrected chi connectivity index (χ2v) is 12.7. The molecule has 48 heavy (non-hydrogen) atoms. The molecule has 0 saturated heterocycles. The predicted octanol–water partition coefficient (Wildman–Crippen LogP) is 7.34. The molecular formula is C38H56N4O6. The third kappa shape index (κ3) is 12.2. The molecular weight excluding hydrogens is 608 g/mol. The summed E-state index contributed by atoms with van der Waals surface area (Å²) in [5, 5.41) is 0. The van der Waals surface area contributed by atoms with Crippen LogP contribution < -0.4 is 31.2 Å². The van der Waals surface area contributed by atoms with Crippen LogP contribution in [-0.2, 0) is 9.59 Å². The number of ether oxygens (including phenoxy) is 2. The fraction of sp³-hybridized carbons (Fsp3) is 0.579. The van der Waals surface area contributed by atoms with Gasteiger partial charge >= 0.3 is 0 Å². The highest BCUT2D eigenvalue weighted by atomic mass is 16.5. The van der Waals surface area contributed by atoms with Crippen LogP contribution in [0.2, 0.25) is 0 Å². The van der Waals surface area contributed by atoms with Gasteiger partial charge in [-0.15, -0.1) is 0 Å². The van der Waals surface area contributed by atoms with Crippen molar-refractivity contribution in [3.05, 3.63) is 59.7 Å². The lowest BCUT2D eigenvalue weighted by atomic mass is 9.73. The van der Waals surface area contributed by atoms with Crippen LogP contribution >= 0.6 is 0 Å². The fourth-order valence-corrected chi connectivity index (χ4v) is 6.00. The zero-order chi connectivity index (χ0) is 34.5. The average Bonchev–Trinajstić information content (AvgIpc) is 3.12. The summed E-state index contributed by atoms with van der Waals surface area (Å²) in [6, 6.07) is 13.8. The van der Waals surface area contributed by atoms with E-state index in [1.54, 1.807) is 48.5 Å². The van der Waals surface area contributed by atoms with Crippen molar-refractivity contribution >= 4 is 23.6 Å². The third-order valence-corrected chi connectivity index (χ3v) is 8.93. The third-order valence-electron chi connectivity index (χ3n) is 8.93. The van der Waals surface area contributed by atoms with Crippen LogP contribution in [0.1, 0.15) is 144 Å².